The number of carboxylic acid groups (broad SMARTS) is 1. The molecule has 4 rings (SSSR count). The van der Waals surface area contributed by atoms with Crippen LogP contribution < -0.4 is 4.74 Å². The zero-order chi connectivity index (χ0) is 26.7. The average molecular weight is 515 g/mol. The third-order valence-electron chi connectivity index (χ3n) is 7.73. The van der Waals surface area contributed by atoms with Gasteiger partial charge in [0.1, 0.15) is 5.75 Å². The molecule has 2 saturated heterocycles. The highest BCUT2D eigenvalue weighted by atomic mass is 16.6. The number of benzene rings is 1. The van der Waals surface area contributed by atoms with E-state index >= 15 is 0 Å². The minimum Gasteiger partial charge on any atom is -0.504 e. The van der Waals surface area contributed by atoms with Gasteiger partial charge in [-0.25, -0.2) is 4.79 Å². The van der Waals surface area contributed by atoms with Crippen molar-refractivity contribution >= 4 is 29.3 Å². The molecular weight excluding hydrogens is 480 g/mol. The average Bonchev–Trinajstić information content (AvgIpc) is 3.24. The number of hydrogen-bond donors (Lipinski definition) is 1. The van der Waals surface area contributed by atoms with Gasteiger partial charge in [0.25, 0.3) is 0 Å². The molecule has 0 aliphatic carbocycles. The molecule has 1 unspecified atom stereocenters. The van der Waals surface area contributed by atoms with Crippen LogP contribution in [0.5, 0.6) is 5.75 Å². The molecule has 2 fully saturated rings. The van der Waals surface area contributed by atoms with Gasteiger partial charge in [0, 0.05) is 19.5 Å². The fourth-order valence-corrected chi connectivity index (χ4v) is 6.04. The maximum Gasteiger partial charge on any atom is 0.337 e. The number of ether oxygens (including phenoxy) is 4. The van der Waals surface area contributed by atoms with Crippen molar-refractivity contribution in [3.8, 4) is 5.75 Å². The van der Waals surface area contributed by atoms with Gasteiger partial charge in [0.15, 0.2) is 5.60 Å². The van der Waals surface area contributed by atoms with Crippen LogP contribution in [-0.4, -0.2) is 74.1 Å². The number of fused-ring (bicyclic) bond motifs is 5. The van der Waals surface area contributed by atoms with Crippen molar-refractivity contribution in [3.05, 3.63) is 35.6 Å². The van der Waals surface area contributed by atoms with E-state index in [0.29, 0.717) is 47.7 Å². The first kappa shape index (κ1) is 26.7. The Morgan fingerprint density at radius 2 is 2.00 bits per heavy atom. The molecule has 1 aromatic carbocycles. The van der Waals surface area contributed by atoms with E-state index in [-0.39, 0.29) is 30.7 Å². The lowest BCUT2D eigenvalue weighted by molar-refractivity contribution is -0.159. The lowest BCUT2D eigenvalue weighted by Gasteiger charge is -2.51. The molecule has 200 valence electrons. The maximum absolute atomic E-state index is 12.9. The summed E-state index contributed by atoms with van der Waals surface area (Å²) in [5.41, 5.74) is 1.34. The molecule has 0 spiro atoms. The summed E-state index contributed by atoms with van der Waals surface area (Å²) in [6, 6.07) is 5.30. The molecule has 10 nitrogen and oxygen atoms in total. The number of carbonyl (C=O) groups excluding carboxylic acids is 2. The Kier molecular flexibility index (Phi) is 7.87. The van der Waals surface area contributed by atoms with Crippen LogP contribution in [0.15, 0.2) is 35.0 Å². The van der Waals surface area contributed by atoms with Crippen LogP contribution in [0.1, 0.15) is 44.6 Å². The van der Waals surface area contributed by atoms with E-state index in [1.807, 2.05) is 18.2 Å². The summed E-state index contributed by atoms with van der Waals surface area (Å²) in [5, 5.41) is 9.08. The van der Waals surface area contributed by atoms with Crippen molar-refractivity contribution < 1.29 is 38.4 Å². The molecular formula is C27H34N2O8. The van der Waals surface area contributed by atoms with Gasteiger partial charge in [-0.1, -0.05) is 19.4 Å². The number of carbonyl (C=O) groups is 3. The van der Waals surface area contributed by atoms with Crippen LogP contribution in [0, 0.1) is 11.8 Å². The third-order valence-corrected chi connectivity index (χ3v) is 7.73. The number of carboxylic acids is 1. The number of aliphatic imine (C=N–C) groups is 1. The monoisotopic (exact) mass is 514 g/mol. The lowest BCUT2D eigenvalue weighted by Crippen LogP contribution is -2.61. The Hall–Kier alpha value is -3.40. The van der Waals surface area contributed by atoms with Gasteiger partial charge in [-0.15, -0.1) is 0 Å². The number of hydrogen-bond acceptors (Lipinski definition) is 9. The summed E-state index contributed by atoms with van der Waals surface area (Å²) in [7, 11) is 4.42. The van der Waals surface area contributed by atoms with Gasteiger partial charge in [-0.3, -0.25) is 19.5 Å². The Morgan fingerprint density at radius 3 is 2.65 bits per heavy atom. The Balaban J connectivity index is 1.76. The summed E-state index contributed by atoms with van der Waals surface area (Å²) in [4.78, 5) is 44.0. The van der Waals surface area contributed by atoms with Crippen molar-refractivity contribution in [2.75, 3.05) is 34.4 Å². The second kappa shape index (κ2) is 10.9. The molecule has 3 aliphatic rings. The maximum atomic E-state index is 12.9. The second-order valence-electron chi connectivity index (χ2n) is 9.62. The normalized spacial score (nSPS) is 26.8. The molecule has 4 atom stereocenters. The molecule has 37 heavy (non-hydrogen) atoms. The molecule has 10 heteroatoms. The summed E-state index contributed by atoms with van der Waals surface area (Å²) in [6.45, 7) is 3.48. The van der Waals surface area contributed by atoms with E-state index in [4.69, 9.17) is 29.0 Å². The molecule has 3 heterocycles. The van der Waals surface area contributed by atoms with Crippen LogP contribution >= 0.6 is 0 Å². The smallest absolute Gasteiger partial charge is 0.337 e. The second-order valence-corrected chi connectivity index (χ2v) is 9.62. The van der Waals surface area contributed by atoms with E-state index < -0.39 is 23.5 Å². The first-order valence-electron chi connectivity index (χ1n) is 12.5. The third kappa shape index (κ3) is 4.82. The van der Waals surface area contributed by atoms with Gasteiger partial charge in [0.2, 0.25) is 0 Å². The fraction of sp³-hybridized carbons (Fsp3) is 0.556. The Morgan fingerprint density at radius 1 is 1.22 bits per heavy atom. The summed E-state index contributed by atoms with van der Waals surface area (Å²) >= 11 is 0. The topological polar surface area (TPSA) is 124 Å². The quantitative estimate of drug-likeness (QED) is 0.300. The molecule has 0 radical (unpaired) electrons. The van der Waals surface area contributed by atoms with Gasteiger partial charge in [0.05, 0.1) is 69.0 Å². The van der Waals surface area contributed by atoms with Crippen molar-refractivity contribution in [1.82, 2.24) is 4.90 Å². The lowest BCUT2D eigenvalue weighted by atomic mass is 9.70. The highest BCUT2D eigenvalue weighted by Crippen LogP contribution is 2.53. The number of nitrogens with zero attached hydrogens (tertiary/aromatic N) is 2. The molecule has 0 saturated carbocycles. The number of rotatable bonds is 9. The number of aliphatic carboxylic acids is 1. The SMILES string of the molecule is CCC1CN2CC[C@@]3(OC(=O)CCC(=O)O)C(=Nc4cccc(OC)c43)[C@@H]2C[C@@H]1/C(=C/OC)C(=O)OC. The highest BCUT2D eigenvalue weighted by Gasteiger charge is 2.57. The van der Waals surface area contributed by atoms with Crippen LogP contribution in [0.25, 0.3) is 0 Å². The summed E-state index contributed by atoms with van der Waals surface area (Å²) < 4.78 is 22.1. The zero-order valence-electron chi connectivity index (χ0n) is 21.7. The molecule has 0 bridgehead atoms. The van der Waals surface area contributed by atoms with Crippen LogP contribution in [0.4, 0.5) is 5.69 Å². The predicted octanol–water partition coefficient (Wildman–Crippen LogP) is 3.21. The van der Waals surface area contributed by atoms with E-state index in [9.17, 15) is 14.4 Å². The van der Waals surface area contributed by atoms with E-state index in [1.54, 1.807) is 7.11 Å². The largest absolute Gasteiger partial charge is 0.504 e. The van der Waals surface area contributed by atoms with Crippen molar-refractivity contribution in [3.63, 3.8) is 0 Å². The Bertz CT molecular complexity index is 1130. The van der Waals surface area contributed by atoms with Crippen LogP contribution in [-0.2, 0) is 34.2 Å². The molecule has 0 amide bonds. The minimum absolute atomic E-state index is 0.148. The highest BCUT2D eigenvalue weighted by molar-refractivity contribution is 6.06. The number of esters is 2. The fourth-order valence-electron chi connectivity index (χ4n) is 6.04. The van der Waals surface area contributed by atoms with Crippen molar-refractivity contribution in [1.29, 1.82) is 0 Å². The van der Waals surface area contributed by atoms with Crippen LogP contribution in [0.2, 0.25) is 0 Å². The van der Waals surface area contributed by atoms with Gasteiger partial charge in [-0.05, 0) is 30.4 Å². The minimum atomic E-state index is -1.17. The van der Waals surface area contributed by atoms with E-state index in [1.165, 1.54) is 20.5 Å². The Labute approximate surface area is 216 Å². The standard InChI is InChI=1S/C27H34N2O8/c1-5-16-14-29-12-11-27(37-23(32)10-9-22(30)31)24-19(7-6-8-21(24)35-3)28-25(27)20(29)13-17(16)18(15-34-2)26(33)36-4/h6-8,15-17,20H,5,9-14H2,1-4H3,(H,30,31)/b18-15-/t16?,17-,20-,27-/m0/s1. The predicted molar refractivity (Wildman–Crippen MR) is 134 cm³/mol. The molecule has 1 aromatic rings. The van der Waals surface area contributed by atoms with Crippen molar-refractivity contribution in [2.24, 2.45) is 16.8 Å². The van der Waals surface area contributed by atoms with Gasteiger partial charge < -0.3 is 24.1 Å². The first-order valence-corrected chi connectivity index (χ1v) is 12.5. The zero-order valence-corrected chi connectivity index (χ0v) is 21.7. The first-order chi connectivity index (χ1) is 17.8. The van der Waals surface area contributed by atoms with Crippen LogP contribution in [0.3, 0.4) is 0 Å². The summed E-state index contributed by atoms with van der Waals surface area (Å²) in [5.74, 6) is -1.49. The molecule has 0 aromatic heterocycles. The number of piperidine rings is 2. The molecule has 3 aliphatic heterocycles. The summed E-state index contributed by atoms with van der Waals surface area (Å²) in [6.07, 6.45) is 2.79. The van der Waals surface area contributed by atoms with Crippen molar-refractivity contribution in [2.45, 2.75) is 50.7 Å². The number of methoxy groups -OCH3 is 3. The van der Waals surface area contributed by atoms with Gasteiger partial charge in [-0.2, -0.15) is 0 Å². The molecule has 1 N–H and O–H groups in total. The van der Waals surface area contributed by atoms with Gasteiger partial charge >= 0.3 is 17.9 Å². The van der Waals surface area contributed by atoms with E-state index in [2.05, 4.69) is 11.8 Å². The van der Waals surface area contributed by atoms with E-state index in [0.717, 1.165) is 13.0 Å².